The molecule has 2 aromatic carbocycles. The van der Waals surface area contributed by atoms with Gasteiger partial charge in [0.25, 0.3) is 0 Å². The molecule has 1 heterocycles. The van der Waals surface area contributed by atoms with E-state index in [-0.39, 0.29) is 11.6 Å². The van der Waals surface area contributed by atoms with Crippen molar-refractivity contribution in [2.24, 2.45) is 5.92 Å². The number of benzene rings is 2. The first kappa shape index (κ1) is 29.8. The highest BCUT2D eigenvalue weighted by atomic mass is 31.1. The zero-order valence-corrected chi connectivity index (χ0v) is 21.7. The van der Waals surface area contributed by atoms with E-state index >= 15 is 0 Å². The van der Waals surface area contributed by atoms with Crippen molar-refractivity contribution in [2.45, 2.75) is 31.0 Å². The third-order valence-electron chi connectivity index (χ3n) is 5.80. The molecule has 0 aliphatic carbocycles. The fraction of sp³-hybridized carbons (Fsp3) is 0.259. The van der Waals surface area contributed by atoms with Gasteiger partial charge in [0.2, 0.25) is 0 Å². The van der Waals surface area contributed by atoms with Gasteiger partial charge in [0.15, 0.2) is 28.9 Å². The maximum Gasteiger partial charge on any atom is 0.543 e. The number of hydrogen-bond donors (Lipinski definition) is 2. The van der Waals surface area contributed by atoms with Crippen LogP contribution in [0.2, 0.25) is 0 Å². The summed E-state index contributed by atoms with van der Waals surface area (Å²) < 4.78 is 88.8. The van der Waals surface area contributed by atoms with Gasteiger partial charge in [0, 0.05) is 18.4 Å². The fourth-order valence-electron chi connectivity index (χ4n) is 3.90. The molecule has 0 fully saturated rings. The van der Waals surface area contributed by atoms with Crippen LogP contribution >= 0.6 is 8.03 Å². The first-order valence-electron chi connectivity index (χ1n) is 11.3. The Balaban J connectivity index is 2.43. The zero-order chi connectivity index (χ0) is 29.1. The number of nitrogens with zero attached hydrogens (tertiary/aromatic N) is 1. The van der Waals surface area contributed by atoms with Gasteiger partial charge in [0.05, 0.1) is 24.1 Å². The minimum absolute atomic E-state index is 0.00305. The molecule has 0 radical (unpaired) electrons. The van der Waals surface area contributed by atoms with Crippen molar-refractivity contribution in [1.29, 1.82) is 0 Å². The van der Waals surface area contributed by atoms with Crippen LogP contribution in [0.25, 0.3) is 11.3 Å². The van der Waals surface area contributed by atoms with Crippen molar-refractivity contribution in [1.82, 2.24) is 4.98 Å². The Kier molecular flexibility index (Phi) is 8.86. The van der Waals surface area contributed by atoms with Crippen molar-refractivity contribution < 1.29 is 46.0 Å². The fourth-order valence-corrected chi connectivity index (χ4v) is 4.98. The lowest BCUT2D eigenvalue weighted by Gasteiger charge is -2.33. The minimum atomic E-state index is -3.35. The Bertz CT molecular complexity index is 1460. The Morgan fingerprint density at radius 3 is 2.15 bits per heavy atom. The number of rotatable bonds is 8. The lowest BCUT2D eigenvalue weighted by Crippen LogP contribution is -2.56. The Morgan fingerprint density at radius 2 is 1.64 bits per heavy atom. The molecule has 0 bridgehead atoms. The van der Waals surface area contributed by atoms with Gasteiger partial charge in [0.1, 0.15) is 5.82 Å². The predicted molar refractivity (Wildman–Crippen MR) is 131 cm³/mol. The second kappa shape index (κ2) is 11.6. The summed E-state index contributed by atoms with van der Waals surface area (Å²) in [5.74, 6) is -5.08. The van der Waals surface area contributed by atoms with Crippen LogP contribution < -0.4 is 0 Å². The third kappa shape index (κ3) is 5.55. The molecule has 3 rings (SSSR count). The van der Waals surface area contributed by atoms with Crippen LogP contribution in [-0.4, -0.2) is 33.4 Å². The van der Waals surface area contributed by atoms with Crippen molar-refractivity contribution in [3.63, 3.8) is 0 Å². The molecule has 0 spiro atoms. The number of aliphatic hydroxyl groups is 1. The van der Waals surface area contributed by atoms with E-state index in [4.69, 9.17) is 4.52 Å². The van der Waals surface area contributed by atoms with Crippen molar-refractivity contribution in [3.8, 4) is 23.1 Å². The molecule has 3 unspecified atom stereocenters. The number of carbonyl (C=O) groups is 1. The molecule has 12 heteroatoms. The second-order valence-electron chi connectivity index (χ2n) is 8.79. The van der Waals surface area contributed by atoms with E-state index in [2.05, 4.69) is 16.8 Å². The summed E-state index contributed by atoms with van der Waals surface area (Å²) in [6.45, 7) is 3.20. The van der Waals surface area contributed by atoms with Crippen LogP contribution in [0.5, 0.6) is 0 Å². The smallest absolute Gasteiger partial charge is 0.477 e. The molecule has 3 aromatic rings. The molecule has 3 atom stereocenters. The molecular formula is C27H22F5NO5P+. The normalized spacial score (nSPS) is 14.7. The Labute approximate surface area is 221 Å². The lowest BCUT2D eigenvalue weighted by atomic mass is 9.78. The standard InChI is InChI=1S/C27H21F5NO5P/c1-15(2)11-12-27(25(34)35,39(37)38-3)26(36,14-16-7-9-17(28)10-8-16)21-6-4-5-20(33-21)22-23(31)18(29)13-19(30)24(22)32/h4-10,13,15,36H,14H2,1-3H3/p+1. The zero-order valence-electron chi connectivity index (χ0n) is 20.8. The lowest BCUT2D eigenvalue weighted by molar-refractivity contribution is -0.146. The molecule has 0 amide bonds. The molecule has 2 N–H and O–H groups in total. The van der Waals surface area contributed by atoms with Crippen LogP contribution in [0.4, 0.5) is 22.0 Å². The van der Waals surface area contributed by atoms with Crippen LogP contribution in [-0.2, 0) is 25.9 Å². The molecule has 0 aliphatic rings. The number of carboxylic acids is 1. The van der Waals surface area contributed by atoms with Gasteiger partial charge >= 0.3 is 19.2 Å². The average Bonchev–Trinajstić information content (AvgIpc) is 2.89. The number of pyridine rings is 1. The summed E-state index contributed by atoms with van der Waals surface area (Å²) in [6.07, 6.45) is -0.699. The summed E-state index contributed by atoms with van der Waals surface area (Å²) >= 11 is 0. The van der Waals surface area contributed by atoms with Gasteiger partial charge in [-0.2, -0.15) is 0 Å². The summed E-state index contributed by atoms with van der Waals surface area (Å²) in [7, 11) is -2.43. The topological polar surface area (TPSA) is 96.7 Å². The first-order valence-corrected chi connectivity index (χ1v) is 12.5. The van der Waals surface area contributed by atoms with Crippen LogP contribution in [0.3, 0.4) is 0 Å². The highest BCUT2D eigenvalue weighted by molar-refractivity contribution is 7.43. The Hall–Kier alpha value is -3.71. The Morgan fingerprint density at radius 1 is 1.05 bits per heavy atom. The van der Waals surface area contributed by atoms with E-state index in [1.54, 1.807) is 13.8 Å². The first-order chi connectivity index (χ1) is 18.3. The molecule has 0 saturated heterocycles. The van der Waals surface area contributed by atoms with Gasteiger partial charge in [-0.1, -0.05) is 38.0 Å². The number of hydrogen-bond acceptors (Lipinski definition) is 5. The summed E-state index contributed by atoms with van der Waals surface area (Å²) in [5.41, 5.74) is -5.27. The van der Waals surface area contributed by atoms with Gasteiger partial charge < -0.3 is 10.2 Å². The van der Waals surface area contributed by atoms with Crippen LogP contribution in [0.15, 0.2) is 48.5 Å². The molecule has 6 nitrogen and oxygen atoms in total. The van der Waals surface area contributed by atoms with Crippen molar-refractivity contribution in [2.75, 3.05) is 7.11 Å². The second-order valence-corrected chi connectivity index (χ2v) is 10.3. The molecule has 204 valence electrons. The molecule has 39 heavy (non-hydrogen) atoms. The van der Waals surface area contributed by atoms with E-state index < -0.39 is 83.1 Å². The van der Waals surface area contributed by atoms with Crippen LogP contribution in [0, 0.1) is 46.8 Å². The number of carboxylic acid groups (broad SMARTS) is 1. The summed E-state index contributed by atoms with van der Waals surface area (Å²) in [4.78, 5) is 16.8. The summed E-state index contributed by atoms with van der Waals surface area (Å²) in [6, 6.07) is 7.62. The number of halogens is 5. The molecule has 0 saturated carbocycles. The molecule has 1 aromatic heterocycles. The average molecular weight is 566 g/mol. The highest BCUT2D eigenvalue weighted by Gasteiger charge is 2.72. The monoisotopic (exact) mass is 566 g/mol. The highest BCUT2D eigenvalue weighted by Crippen LogP contribution is 2.53. The quantitative estimate of drug-likeness (QED) is 0.156. The van der Waals surface area contributed by atoms with Gasteiger partial charge in [-0.05, 0) is 40.3 Å². The van der Waals surface area contributed by atoms with E-state index in [1.807, 2.05) is 0 Å². The van der Waals surface area contributed by atoms with Gasteiger partial charge in [-0.3, -0.25) is 0 Å². The van der Waals surface area contributed by atoms with E-state index in [0.29, 0.717) is 0 Å². The summed E-state index contributed by atoms with van der Waals surface area (Å²) in [5, 5.41) is 19.6. The van der Waals surface area contributed by atoms with Crippen molar-refractivity contribution >= 4 is 14.0 Å². The predicted octanol–water partition coefficient (Wildman–Crippen LogP) is 5.75. The van der Waals surface area contributed by atoms with E-state index in [9.17, 15) is 41.5 Å². The third-order valence-corrected chi connectivity index (χ3v) is 7.36. The van der Waals surface area contributed by atoms with E-state index in [0.717, 1.165) is 37.4 Å². The number of aliphatic carboxylic acids is 1. The molecular weight excluding hydrogens is 544 g/mol. The molecule has 0 aliphatic heterocycles. The largest absolute Gasteiger partial charge is 0.543 e. The van der Waals surface area contributed by atoms with Gasteiger partial charge in [-0.15, -0.1) is 4.52 Å². The van der Waals surface area contributed by atoms with Crippen molar-refractivity contribution in [3.05, 3.63) is 88.9 Å². The van der Waals surface area contributed by atoms with Crippen LogP contribution in [0.1, 0.15) is 25.1 Å². The SMILES string of the molecule is CO[P+](=O)C(C#CC(C)C)(C(=O)O)C(O)(Cc1ccc(F)cc1)c1cccc(-c2c(F)c(F)cc(F)c2F)n1. The van der Waals surface area contributed by atoms with Gasteiger partial charge in [-0.25, -0.2) is 31.7 Å². The number of aromatic nitrogens is 1. The minimum Gasteiger partial charge on any atom is -0.477 e. The maximum atomic E-state index is 14.6. The maximum absolute atomic E-state index is 14.6. The van der Waals surface area contributed by atoms with E-state index in [1.165, 1.54) is 12.1 Å².